The lowest BCUT2D eigenvalue weighted by molar-refractivity contribution is -0.132. The van der Waals surface area contributed by atoms with Crippen LogP contribution in [-0.4, -0.2) is 76.5 Å². The van der Waals surface area contributed by atoms with Crippen LogP contribution in [0.15, 0.2) is 6.33 Å². The summed E-state index contributed by atoms with van der Waals surface area (Å²) in [6.45, 7) is 2.66. The highest BCUT2D eigenvalue weighted by atomic mass is 32.1. The predicted octanol–water partition coefficient (Wildman–Crippen LogP) is 1.86. The molecule has 3 aliphatic rings. The Labute approximate surface area is 197 Å². The Morgan fingerprint density at radius 3 is 2.73 bits per heavy atom. The molecule has 1 saturated heterocycles. The van der Waals surface area contributed by atoms with Gasteiger partial charge in [0.15, 0.2) is 0 Å². The van der Waals surface area contributed by atoms with Gasteiger partial charge in [0.25, 0.3) is 0 Å². The minimum atomic E-state index is -0.627. The normalized spacial score (nSPS) is 25.4. The molecule has 0 aromatic carbocycles. The van der Waals surface area contributed by atoms with Crippen LogP contribution in [-0.2, 0) is 27.4 Å². The standard InChI is InChI=1S/C23H31N5O4S/c1-27(11-19(29)28-8-2-3-9-28)14-4-6-15(7-5-14)32-22-20-16-10-17(21(24)30)31-12-18(16)33-23(20)26-13-25-22/h13-15,17H,2-12H2,1H3,(H2,24,30). The van der Waals surface area contributed by atoms with Gasteiger partial charge in [0, 0.05) is 30.4 Å². The average molecular weight is 474 g/mol. The number of hydrogen-bond donors (Lipinski definition) is 1. The first kappa shape index (κ1) is 22.5. The number of ether oxygens (including phenoxy) is 2. The van der Waals surface area contributed by atoms with Gasteiger partial charge in [-0.25, -0.2) is 9.97 Å². The molecule has 2 N–H and O–H groups in total. The van der Waals surface area contributed by atoms with E-state index in [4.69, 9.17) is 15.2 Å². The van der Waals surface area contributed by atoms with Gasteiger partial charge in [0.1, 0.15) is 23.4 Å². The zero-order valence-corrected chi connectivity index (χ0v) is 19.8. The van der Waals surface area contributed by atoms with E-state index in [2.05, 4.69) is 21.9 Å². The zero-order chi connectivity index (χ0) is 22.9. The van der Waals surface area contributed by atoms with Crippen molar-refractivity contribution in [3.63, 3.8) is 0 Å². The predicted molar refractivity (Wildman–Crippen MR) is 124 cm³/mol. The average Bonchev–Trinajstić information content (AvgIpc) is 3.47. The molecule has 33 heavy (non-hydrogen) atoms. The van der Waals surface area contributed by atoms with Gasteiger partial charge in [-0.2, -0.15) is 0 Å². The van der Waals surface area contributed by atoms with E-state index >= 15 is 0 Å². The smallest absolute Gasteiger partial charge is 0.246 e. The number of primary amides is 1. The number of hydrogen-bond acceptors (Lipinski definition) is 8. The molecule has 10 heteroatoms. The summed E-state index contributed by atoms with van der Waals surface area (Å²) < 4.78 is 12.0. The van der Waals surface area contributed by atoms with Crippen molar-refractivity contribution < 1.29 is 19.1 Å². The first-order valence-corrected chi connectivity index (χ1v) is 12.6. The molecule has 1 saturated carbocycles. The summed E-state index contributed by atoms with van der Waals surface area (Å²) >= 11 is 1.56. The van der Waals surface area contributed by atoms with Crippen LogP contribution in [0.3, 0.4) is 0 Å². The highest BCUT2D eigenvalue weighted by Gasteiger charge is 2.31. The Balaban J connectivity index is 1.22. The van der Waals surface area contributed by atoms with Crippen LogP contribution in [0.5, 0.6) is 5.88 Å². The quantitative estimate of drug-likeness (QED) is 0.682. The SMILES string of the molecule is CN(CC(=O)N1CCCC1)C1CCC(Oc2ncnc3sc4c(c23)CC(C(N)=O)OC4)CC1. The number of fused-ring (bicyclic) bond motifs is 3. The number of nitrogens with two attached hydrogens (primary N) is 1. The Kier molecular flexibility index (Phi) is 6.49. The van der Waals surface area contributed by atoms with E-state index in [-0.39, 0.29) is 12.0 Å². The second-order valence-electron chi connectivity index (χ2n) is 9.32. The summed E-state index contributed by atoms with van der Waals surface area (Å²) in [7, 11) is 2.06. The van der Waals surface area contributed by atoms with Crippen molar-refractivity contribution in [2.45, 2.75) is 69.8 Å². The lowest BCUT2D eigenvalue weighted by Gasteiger charge is -2.35. The molecule has 1 aliphatic carbocycles. The summed E-state index contributed by atoms with van der Waals surface area (Å²) in [5.74, 6) is 0.380. The van der Waals surface area contributed by atoms with E-state index in [9.17, 15) is 9.59 Å². The Morgan fingerprint density at radius 1 is 1.24 bits per heavy atom. The van der Waals surface area contributed by atoms with Gasteiger partial charge in [0.05, 0.1) is 18.5 Å². The van der Waals surface area contributed by atoms with Crippen LogP contribution in [0, 0.1) is 0 Å². The van der Waals surface area contributed by atoms with Gasteiger partial charge in [-0.1, -0.05) is 0 Å². The molecule has 0 spiro atoms. The van der Waals surface area contributed by atoms with Gasteiger partial charge in [0.2, 0.25) is 17.7 Å². The van der Waals surface area contributed by atoms with Crippen molar-refractivity contribution in [2.24, 2.45) is 5.73 Å². The van der Waals surface area contributed by atoms with Gasteiger partial charge < -0.3 is 20.1 Å². The van der Waals surface area contributed by atoms with Crippen LogP contribution in [0.4, 0.5) is 0 Å². The van der Waals surface area contributed by atoms with Crippen molar-refractivity contribution in [3.05, 3.63) is 16.8 Å². The molecule has 2 aromatic heterocycles. The van der Waals surface area contributed by atoms with Crippen molar-refractivity contribution in [1.29, 1.82) is 0 Å². The maximum absolute atomic E-state index is 12.5. The number of amides is 2. The minimum absolute atomic E-state index is 0.0735. The van der Waals surface area contributed by atoms with E-state index < -0.39 is 12.0 Å². The maximum atomic E-state index is 12.5. The fourth-order valence-electron chi connectivity index (χ4n) is 5.20. The van der Waals surface area contributed by atoms with Crippen molar-refractivity contribution in [1.82, 2.24) is 19.8 Å². The Bertz CT molecular complexity index is 1030. The van der Waals surface area contributed by atoms with Gasteiger partial charge in [-0.15, -0.1) is 11.3 Å². The number of carbonyl (C=O) groups is 2. The van der Waals surface area contributed by atoms with Crippen molar-refractivity contribution in [2.75, 3.05) is 26.7 Å². The number of nitrogens with zero attached hydrogens (tertiary/aromatic N) is 4. The molecule has 9 nitrogen and oxygen atoms in total. The molecular weight excluding hydrogens is 442 g/mol. The van der Waals surface area contributed by atoms with Crippen LogP contribution < -0.4 is 10.5 Å². The van der Waals surface area contributed by atoms with E-state index in [1.807, 2.05) is 4.90 Å². The first-order valence-electron chi connectivity index (χ1n) is 11.8. The molecule has 2 aromatic rings. The van der Waals surface area contributed by atoms with Crippen molar-refractivity contribution in [3.8, 4) is 5.88 Å². The van der Waals surface area contributed by atoms with E-state index in [0.717, 1.165) is 72.3 Å². The number of likely N-dealkylation sites (N-methyl/N-ethyl adjacent to an activating group) is 1. The third-order valence-corrected chi connectivity index (χ3v) is 8.26. The van der Waals surface area contributed by atoms with E-state index in [1.165, 1.54) is 6.33 Å². The van der Waals surface area contributed by atoms with E-state index in [0.29, 0.717) is 31.5 Å². The van der Waals surface area contributed by atoms with Crippen LogP contribution in [0.25, 0.3) is 10.2 Å². The third-order valence-electron chi connectivity index (χ3n) is 7.15. The number of likely N-dealkylation sites (tertiary alicyclic amines) is 1. The molecule has 0 radical (unpaired) electrons. The molecule has 178 valence electrons. The molecule has 2 amide bonds. The molecule has 1 unspecified atom stereocenters. The molecule has 4 heterocycles. The van der Waals surface area contributed by atoms with Crippen LogP contribution >= 0.6 is 11.3 Å². The lowest BCUT2D eigenvalue weighted by Crippen LogP contribution is -2.44. The summed E-state index contributed by atoms with van der Waals surface area (Å²) in [5, 5.41) is 0.891. The number of carbonyl (C=O) groups excluding carboxylic acids is 2. The number of aromatic nitrogens is 2. The van der Waals surface area contributed by atoms with Crippen molar-refractivity contribution >= 4 is 33.4 Å². The first-order chi connectivity index (χ1) is 16.0. The third kappa shape index (κ3) is 4.69. The number of thiophene rings is 1. The van der Waals surface area contributed by atoms with Crippen LogP contribution in [0.1, 0.15) is 49.0 Å². The molecule has 2 fully saturated rings. The molecule has 1 atom stereocenters. The Hall–Kier alpha value is -2.30. The molecule has 5 rings (SSSR count). The lowest BCUT2D eigenvalue weighted by atomic mass is 9.92. The Morgan fingerprint density at radius 2 is 2.00 bits per heavy atom. The largest absolute Gasteiger partial charge is 0.474 e. The maximum Gasteiger partial charge on any atom is 0.246 e. The second kappa shape index (κ2) is 9.52. The van der Waals surface area contributed by atoms with E-state index in [1.54, 1.807) is 11.3 Å². The van der Waals surface area contributed by atoms with Gasteiger partial charge in [-0.05, 0) is 51.1 Å². The fraction of sp³-hybridized carbons (Fsp3) is 0.652. The summed E-state index contributed by atoms with van der Waals surface area (Å²) in [6, 6.07) is 0.393. The second-order valence-corrected chi connectivity index (χ2v) is 10.4. The molecule has 0 bridgehead atoms. The molecular formula is C23H31N5O4S. The topological polar surface area (TPSA) is 111 Å². The minimum Gasteiger partial charge on any atom is -0.474 e. The highest BCUT2D eigenvalue weighted by molar-refractivity contribution is 7.18. The summed E-state index contributed by atoms with van der Waals surface area (Å²) in [5.41, 5.74) is 6.50. The van der Waals surface area contributed by atoms with Crippen LogP contribution in [0.2, 0.25) is 0 Å². The highest BCUT2D eigenvalue weighted by Crippen LogP contribution is 2.39. The fourth-order valence-corrected chi connectivity index (χ4v) is 6.28. The summed E-state index contributed by atoms with van der Waals surface area (Å²) in [6.07, 6.45) is 7.46. The number of rotatable bonds is 6. The summed E-state index contributed by atoms with van der Waals surface area (Å²) in [4.78, 5) is 39.1. The molecule has 2 aliphatic heterocycles. The monoisotopic (exact) mass is 473 g/mol. The van der Waals surface area contributed by atoms with Gasteiger partial charge >= 0.3 is 0 Å². The van der Waals surface area contributed by atoms with Gasteiger partial charge in [-0.3, -0.25) is 14.5 Å². The zero-order valence-electron chi connectivity index (χ0n) is 19.0.